The molecule has 1 aromatic heterocycles. The Bertz CT molecular complexity index is 1650. The minimum absolute atomic E-state index is 0.0324. The number of sulfonamides is 1. The molecule has 0 aliphatic heterocycles. The summed E-state index contributed by atoms with van der Waals surface area (Å²) in [5, 5.41) is 18.0. The molecule has 0 saturated heterocycles. The van der Waals surface area contributed by atoms with Gasteiger partial charge < -0.3 is 21.1 Å². The van der Waals surface area contributed by atoms with Crippen molar-refractivity contribution in [1.29, 1.82) is 0 Å². The van der Waals surface area contributed by atoms with Gasteiger partial charge in [0.1, 0.15) is 11.9 Å². The van der Waals surface area contributed by atoms with Crippen molar-refractivity contribution in [3.05, 3.63) is 69.9 Å². The lowest BCUT2D eigenvalue weighted by Gasteiger charge is -2.18. The molecule has 0 aliphatic carbocycles. The molecule has 2 amide bonds. The molecule has 5 N–H and O–H groups in total. The van der Waals surface area contributed by atoms with Gasteiger partial charge in [-0.25, -0.2) is 8.42 Å². The second-order valence-electron chi connectivity index (χ2n) is 9.95. The van der Waals surface area contributed by atoms with Crippen molar-refractivity contribution in [3.8, 4) is 0 Å². The van der Waals surface area contributed by atoms with Gasteiger partial charge in [0.25, 0.3) is 15.9 Å². The quantitative estimate of drug-likeness (QED) is 0.0925. The standard InChI is InChI=1S/C28H34ClN5O7S3/c1-16-3-8-24-21(11-16)20(17(2)34(24)27(37)18-4-6-19(29)7-5-18)12-25(35)33-44(40,41)15-32-26(36)22(13-42)30-9-10-31-23(14-43)28(38)39/h3-8,11,22-23,30-31,42-43H,9-10,12-15H2,1-2H3,(H,32,36)(H,33,35)(H,38,39)/t22-,23-/m0/s1. The van der Waals surface area contributed by atoms with Gasteiger partial charge in [-0.15, -0.1) is 0 Å². The maximum absolute atomic E-state index is 13.4. The van der Waals surface area contributed by atoms with Crippen molar-refractivity contribution in [1.82, 2.24) is 25.2 Å². The first-order valence-corrected chi connectivity index (χ1v) is 16.7. The molecule has 0 bridgehead atoms. The first kappa shape index (κ1) is 35.4. The summed E-state index contributed by atoms with van der Waals surface area (Å²) in [4.78, 5) is 50.0. The van der Waals surface area contributed by atoms with E-state index >= 15 is 0 Å². The summed E-state index contributed by atoms with van der Waals surface area (Å²) >= 11 is 14.0. The molecule has 12 nitrogen and oxygen atoms in total. The molecule has 238 valence electrons. The van der Waals surface area contributed by atoms with E-state index in [1.165, 1.54) is 4.57 Å². The second kappa shape index (κ2) is 15.8. The molecule has 3 rings (SSSR count). The summed E-state index contributed by atoms with van der Waals surface area (Å²) in [7, 11) is -4.27. The van der Waals surface area contributed by atoms with E-state index in [1.54, 1.807) is 37.3 Å². The fourth-order valence-electron chi connectivity index (χ4n) is 4.46. The Morgan fingerprint density at radius 1 is 0.955 bits per heavy atom. The van der Waals surface area contributed by atoms with E-state index in [0.29, 0.717) is 32.7 Å². The number of nitrogens with one attached hydrogen (secondary N) is 4. The smallest absolute Gasteiger partial charge is 0.321 e. The molecule has 0 unspecified atom stereocenters. The number of carboxylic acids is 1. The predicted molar refractivity (Wildman–Crippen MR) is 175 cm³/mol. The highest BCUT2D eigenvalue weighted by Crippen LogP contribution is 2.29. The number of carboxylic acid groups (broad SMARTS) is 1. The highest BCUT2D eigenvalue weighted by atomic mass is 35.5. The largest absolute Gasteiger partial charge is 0.480 e. The number of aromatic nitrogens is 1. The van der Waals surface area contributed by atoms with Gasteiger partial charge in [0.15, 0.2) is 0 Å². The minimum atomic E-state index is -4.27. The predicted octanol–water partition coefficient (Wildman–Crippen LogP) is 1.52. The first-order valence-electron chi connectivity index (χ1n) is 13.4. The first-order chi connectivity index (χ1) is 20.8. The molecule has 0 aliphatic rings. The Balaban J connectivity index is 1.66. The third-order valence-corrected chi connectivity index (χ3v) is 8.76. The van der Waals surface area contributed by atoms with Crippen molar-refractivity contribution in [2.24, 2.45) is 0 Å². The number of nitrogens with zero attached hydrogens (tertiary/aromatic N) is 1. The molecule has 2 atom stereocenters. The molecule has 0 radical (unpaired) electrons. The molecule has 0 spiro atoms. The number of thiol groups is 2. The maximum Gasteiger partial charge on any atom is 0.321 e. The Kier molecular flexibility index (Phi) is 12.7. The van der Waals surface area contributed by atoms with Crippen LogP contribution in [0.1, 0.15) is 27.2 Å². The highest BCUT2D eigenvalue weighted by Gasteiger charge is 2.25. The lowest BCUT2D eigenvalue weighted by molar-refractivity contribution is -0.138. The zero-order chi connectivity index (χ0) is 32.6. The van der Waals surface area contributed by atoms with Crippen molar-refractivity contribution >= 4 is 81.5 Å². The average molecular weight is 684 g/mol. The van der Waals surface area contributed by atoms with E-state index in [9.17, 15) is 27.6 Å². The van der Waals surface area contributed by atoms with Gasteiger partial charge in [0.05, 0.1) is 18.0 Å². The molecule has 0 saturated carbocycles. The number of hydrogen-bond acceptors (Lipinski definition) is 10. The Hall–Kier alpha value is -3.08. The van der Waals surface area contributed by atoms with Gasteiger partial charge in [-0.1, -0.05) is 23.2 Å². The third-order valence-electron chi connectivity index (χ3n) is 6.71. The molecule has 3 aromatic rings. The summed E-state index contributed by atoms with van der Waals surface area (Å²) in [6, 6.07) is 10.1. The summed E-state index contributed by atoms with van der Waals surface area (Å²) in [6.45, 7) is 3.96. The molecular formula is C28H34ClN5O7S3. The number of aliphatic carboxylic acids is 1. The molecule has 0 fully saturated rings. The number of aryl methyl sites for hydroxylation is 1. The van der Waals surface area contributed by atoms with Crippen LogP contribution in [-0.2, 0) is 30.8 Å². The number of fused-ring (bicyclic) bond motifs is 1. The van der Waals surface area contributed by atoms with Crippen molar-refractivity contribution in [2.75, 3.05) is 30.5 Å². The van der Waals surface area contributed by atoms with Crippen LogP contribution in [0, 0.1) is 13.8 Å². The fourth-order valence-corrected chi connectivity index (χ4v) is 5.99. The van der Waals surface area contributed by atoms with Crippen LogP contribution >= 0.6 is 36.9 Å². The van der Waals surface area contributed by atoms with Gasteiger partial charge in [0, 0.05) is 46.3 Å². The average Bonchev–Trinajstić information content (AvgIpc) is 3.23. The lowest BCUT2D eigenvalue weighted by Crippen LogP contribution is -2.50. The summed E-state index contributed by atoms with van der Waals surface area (Å²) in [5.74, 6) is -3.65. The van der Waals surface area contributed by atoms with Gasteiger partial charge in [-0.2, -0.15) is 25.3 Å². The molecule has 44 heavy (non-hydrogen) atoms. The third kappa shape index (κ3) is 9.22. The minimum Gasteiger partial charge on any atom is -0.480 e. The van der Waals surface area contributed by atoms with Gasteiger partial charge >= 0.3 is 5.97 Å². The van der Waals surface area contributed by atoms with Crippen LogP contribution in [0.3, 0.4) is 0 Å². The second-order valence-corrected chi connectivity index (χ2v) is 12.8. The van der Waals surface area contributed by atoms with E-state index < -0.39 is 45.8 Å². The van der Waals surface area contributed by atoms with Crippen molar-refractivity contribution < 1.29 is 32.7 Å². The number of carbonyl (C=O) groups is 4. The normalized spacial score (nSPS) is 12.9. The SMILES string of the molecule is Cc1ccc2c(c1)c(CC(=O)NS(=O)(=O)CNC(=O)[C@H](CS)NCCN[C@@H](CS)C(=O)O)c(C)n2C(=O)c1ccc(Cl)cc1. The van der Waals surface area contributed by atoms with Crippen LogP contribution < -0.4 is 20.7 Å². The van der Waals surface area contributed by atoms with Crippen LogP contribution in [0.15, 0.2) is 42.5 Å². The van der Waals surface area contributed by atoms with E-state index in [1.807, 2.05) is 23.8 Å². The number of amides is 2. The summed E-state index contributed by atoms with van der Waals surface area (Å²) < 4.78 is 28.8. The van der Waals surface area contributed by atoms with E-state index in [4.69, 9.17) is 16.7 Å². The summed E-state index contributed by atoms with van der Waals surface area (Å²) in [5.41, 5.74) is 2.80. The molecule has 1 heterocycles. The Morgan fingerprint density at radius 2 is 1.57 bits per heavy atom. The number of hydrogen-bond donors (Lipinski definition) is 7. The monoisotopic (exact) mass is 683 g/mol. The van der Waals surface area contributed by atoms with Gasteiger partial charge in [-0.3, -0.25) is 28.5 Å². The van der Waals surface area contributed by atoms with Crippen molar-refractivity contribution in [3.63, 3.8) is 0 Å². The number of benzene rings is 2. The van der Waals surface area contributed by atoms with Crippen LogP contribution in [-0.4, -0.2) is 84.3 Å². The van der Waals surface area contributed by atoms with Crippen LogP contribution in [0.2, 0.25) is 5.02 Å². The number of halogens is 1. The van der Waals surface area contributed by atoms with Gasteiger partial charge in [0.2, 0.25) is 11.8 Å². The summed E-state index contributed by atoms with van der Waals surface area (Å²) in [6.07, 6.45) is -0.336. The Labute approximate surface area is 271 Å². The van der Waals surface area contributed by atoms with Crippen LogP contribution in [0.4, 0.5) is 0 Å². The van der Waals surface area contributed by atoms with Crippen molar-refractivity contribution in [2.45, 2.75) is 32.4 Å². The Morgan fingerprint density at radius 3 is 2.16 bits per heavy atom. The maximum atomic E-state index is 13.4. The molecule has 2 aromatic carbocycles. The highest BCUT2D eigenvalue weighted by molar-refractivity contribution is 7.90. The zero-order valence-electron chi connectivity index (χ0n) is 24.0. The fraction of sp³-hybridized carbons (Fsp3) is 0.357. The van der Waals surface area contributed by atoms with E-state index in [-0.39, 0.29) is 36.9 Å². The van der Waals surface area contributed by atoms with E-state index in [2.05, 4.69) is 41.2 Å². The van der Waals surface area contributed by atoms with Gasteiger partial charge in [-0.05, 0) is 55.8 Å². The lowest BCUT2D eigenvalue weighted by atomic mass is 10.1. The van der Waals surface area contributed by atoms with Crippen LogP contribution in [0.25, 0.3) is 10.9 Å². The zero-order valence-corrected chi connectivity index (χ0v) is 27.3. The topological polar surface area (TPSA) is 176 Å². The molecule has 16 heteroatoms. The number of carbonyl (C=O) groups excluding carboxylic acids is 3. The van der Waals surface area contributed by atoms with E-state index in [0.717, 1.165) is 5.56 Å². The molecular weight excluding hydrogens is 650 g/mol. The number of rotatable bonds is 15. The van der Waals surface area contributed by atoms with Crippen LogP contribution in [0.5, 0.6) is 0 Å².